The van der Waals surface area contributed by atoms with Crippen LogP contribution in [0.1, 0.15) is 0 Å². The monoisotopic (exact) mass is 239 g/mol. The van der Waals surface area contributed by atoms with E-state index in [1.807, 2.05) is 0 Å². The van der Waals surface area contributed by atoms with Gasteiger partial charge < -0.3 is 0 Å². The van der Waals surface area contributed by atoms with Crippen molar-refractivity contribution in [2.75, 3.05) is 0 Å². The molecule has 4 heavy (non-hydrogen) atoms. The SMILES string of the molecule is N#C[O][Au]. The molecule has 0 saturated carbocycles. The van der Waals surface area contributed by atoms with Gasteiger partial charge in [-0.15, -0.1) is 0 Å². The molecular formula is CAuNO. The Hall–Kier alpha value is 0.0303. The Kier molecular flexibility index (Phi) is 3.05. The molecule has 0 aromatic carbocycles. The predicted molar refractivity (Wildman–Crippen MR) is 6.70 cm³/mol. The van der Waals surface area contributed by atoms with Gasteiger partial charge in [-0.1, -0.05) is 0 Å². The van der Waals surface area contributed by atoms with Gasteiger partial charge in [0.2, 0.25) is 0 Å². The van der Waals surface area contributed by atoms with E-state index in [0.29, 0.717) is 0 Å². The van der Waals surface area contributed by atoms with E-state index >= 15 is 0 Å². The van der Waals surface area contributed by atoms with Crippen molar-refractivity contribution < 1.29 is 24.7 Å². The Balaban J connectivity index is 2.43. The molecule has 0 fully saturated rings. The van der Waals surface area contributed by atoms with E-state index in [9.17, 15) is 0 Å². The quantitative estimate of drug-likeness (QED) is 0.438. The van der Waals surface area contributed by atoms with Crippen molar-refractivity contribution >= 4 is 0 Å². The standard InChI is InChI=1S/CHNO.Au/c2-1-3;/h3H;/q;+1/p-1. The summed E-state index contributed by atoms with van der Waals surface area (Å²) in [4.78, 5) is 0. The van der Waals surface area contributed by atoms with Gasteiger partial charge in [-0.3, -0.25) is 0 Å². The summed E-state index contributed by atoms with van der Waals surface area (Å²) in [6.07, 6.45) is 1.41. The fourth-order valence-electron chi connectivity index (χ4n) is 0. The Morgan fingerprint density at radius 2 is 2.25 bits per heavy atom. The van der Waals surface area contributed by atoms with Gasteiger partial charge in [-0.25, -0.2) is 0 Å². The van der Waals surface area contributed by atoms with Crippen molar-refractivity contribution in [3.63, 3.8) is 0 Å². The molecule has 0 amide bonds. The first-order chi connectivity index (χ1) is 1.91. The maximum atomic E-state index is 7.39. The Labute approximate surface area is 36.8 Å². The molecule has 26 valence electrons. The van der Waals surface area contributed by atoms with Crippen LogP contribution in [0.5, 0.6) is 0 Å². The average molecular weight is 239 g/mol. The van der Waals surface area contributed by atoms with E-state index < -0.39 is 0 Å². The van der Waals surface area contributed by atoms with E-state index in [0.717, 1.165) is 0 Å². The van der Waals surface area contributed by atoms with Crippen molar-refractivity contribution in [1.82, 2.24) is 0 Å². The Bertz CT molecular complexity index is 37.8. The molecular weight excluding hydrogens is 239 g/mol. The summed E-state index contributed by atoms with van der Waals surface area (Å²) < 4.78 is 3.79. The Morgan fingerprint density at radius 1 is 2.00 bits per heavy atom. The summed E-state index contributed by atoms with van der Waals surface area (Å²) in [6, 6.07) is 0. The number of hydrogen-bond donors (Lipinski definition) is 0. The van der Waals surface area contributed by atoms with Gasteiger partial charge in [0.25, 0.3) is 0 Å². The third kappa shape index (κ3) is 2.03. The normalized spacial score (nSPS) is 4.25. The summed E-state index contributed by atoms with van der Waals surface area (Å²) in [5, 5.41) is 7.39. The molecule has 0 spiro atoms. The van der Waals surface area contributed by atoms with Crippen molar-refractivity contribution in [2.24, 2.45) is 0 Å². The van der Waals surface area contributed by atoms with Gasteiger partial charge in [0.15, 0.2) is 0 Å². The van der Waals surface area contributed by atoms with Crippen molar-refractivity contribution in [2.45, 2.75) is 0 Å². The van der Waals surface area contributed by atoms with Gasteiger partial charge in [0.05, 0.1) is 0 Å². The van der Waals surface area contributed by atoms with Gasteiger partial charge in [0.1, 0.15) is 0 Å². The zero-order valence-electron chi connectivity index (χ0n) is 1.66. The first kappa shape index (κ1) is 4.03. The molecule has 0 saturated heterocycles. The summed E-state index contributed by atoms with van der Waals surface area (Å²) >= 11 is 1.64. The fourth-order valence-corrected chi connectivity index (χ4v) is 0. The van der Waals surface area contributed by atoms with E-state index in [2.05, 4.69) is 3.24 Å². The zero-order chi connectivity index (χ0) is 3.41. The van der Waals surface area contributed by atoms with Gasteiger partial charge >= 0.3 is 36.2 Å². The van der Waals surface area contributed by atoms with Crippen LogP contribution in [-0.4, -0.2) is 0 Å². The van der Waals surface area contributed by atoms with Crippen LogP contribution < -0.4 is 0 Å². The van der Waals surface area contributed by atoms with Crippen LogP contribution in [0.4, 0.5) is 0 Å². The molecule has 0 N–H and O–H groups in total. The molecule has 0 aliphatic carbocycles. The molecule has 0 radical (unpaired) electrons. The van der Waals surface area contributed by atoms with Crippen molar-refractivity contribution in [3.05, 3.63) is 0 Å². The summed E-state index contributed by atoms with van der Waals surface area (Å²) in [6.45, 7) is 0. The summed E-state index contributed by atoms with van der Waals surface area (Å²) in [5.41, 5.74) is 0. The van der Waals surface area contributed by atoms with Crippen LogP contribution in [0.25, 0.3) is 0 Å². The third-order valence-corrected chi connectivity index (χ3v) is 0.225. The predicted octanol–water partition coefficient (Wildman–Crippen LogP) is -0.0541. The number of nitrogens with zero attached hydrogens (tertiary/aromatic N) is 1. The topological polar surface area (TPSA) is 33.0 Å². The number of nitriles is 1. The van der Waals surface area contributed by atoms with E-state index in [4.69, 9.17) is 5.26 Å². The first-order valence-corrected chi connectivity index (χ1v) is 1.44. The second-order valence-corrected chi connectivity index (χ2v) is 0.595. The second-order valence-electron chi connectivity index (χ2n) is 0.153. The van der Waals surface area contributed by atoms with Gasteiger partial charge in [-0.2, -0.15) is 0 Å². The zero-order valence-corrected chi connectivity index (χ0v) is 3.82. The molecule has 0 atom stereocenters. The van der Waals surface area contributed by atoms with Crippen LogP contribution in [0.3, 0.4) is 0 Å². The van der Waals surface area contributed by atoms with Gasteiger partial charge in [-0.05, 0) is 0 Å². The summed E-state index contributed by atoms with van der Waals surface area (Å²) in [7, 11) is 0. The number of hydrogen-bond acceptors (Lipinski definition) is 2. The van der Waals surface area contributed by atoms with E-state index in [-0.39, 0.29) is 0 Å². The third-order valence-electron chi connectivity index (χ3n) is 0.0275. The first-order valence-electron chi connectivity index (χ1n) is 0.551. The minimum absolute atomic E-state index is 1.41. The van der Waals surface area contributed by atoms with Crippen LogP contribution in [0.15, 0.2) is 0 Å². The molecule has 0 heterocycles. The summed E-state index contributed by atoms with van der Waals surface area (Å²) in [5.74, 6) is 0. The number of rotatable bonds is 0. The molecule has 0 unspecified atom stereocenters. The maximum absolute atomic E-state index is 7.39. The Morgan fingerprint density at radius 3 is 2.25 bits per heavy atom. The molecule has 0 rings (SSSR count). The van der Waals surface area contributed by atoms with Crippen LogP contribution in [0.2, 0.25) is 0 Å². The van der Waals surface area contributed by atoms with E-state index in [1.165, 1.54) is 6.26 Å². The van der Waals surface area contributed by atoms with E-state index in [1.54, 1.807) is 21.5 Å². The molecule has 2 nitrogen and oxygen atoms in total. The molecule has 0 aliphatic heterocycles. The minimum atomic E-state index is 1.41. The average Bonchev–Trinajstić information content (AvgIpc) is 1.37. The van der Waals surface area contributed by atoms with Crippen molar-refractivity contribution in [1.29, 1.82) is 5.26 Å². The molecule has 0 aromatic heterocycles. The second kappa shape index (κ2) is 3.03. The van der Waals surface area contributed by atoms with Crippen LogP contribution in [-0.2, 0) is 24.7 Å². The van der Waals surface area contributed by atoms with Crippen molar-refractivity contribution in [3.8, 4) is 6.26 Å². The molecule has 0 aromatic rings. The molecule has 3 heteroatoms. The molecule has 0 bridgehead atoms. The van der Waals surface area contributed by atoms with Crippen LogP contribution >= 0.6 is 0 Å². The fraction of sp³-hybridized carbons (Fsp3) is 0. The van der Waals surface area contributed by atoms with Crippen LogP contribution in [0, 0.1) is 11.5 Å². The molecule has 0 aliphatic rings. The van der Waals surface area contributed by atoms with Gasteiger partial charge in [0, 0.05) is 0 Å².